The van der Waals surface area contributed by atoms with E-state index in [0.717, 1.165) is 44.1 Å². The summed E-state index contributed by atoms with van der Waals surface area (Å²) in [6, 6.07) is 0. The Labute approximate surface area is 168 Å². The molecule has 0 heterocycles. The van der Waals surface area contributed by atoms with E-state index in [2.05, 4.69) is 33.1 Å². The normalized spacial score (nSPS) is 44.6. The van der Waals surface area contributed by atoms with Crippen LogP contribution >= 0.6 is 0 Å². The first kappa shape index (κ1) is 19.5. The third-order valence-electron chi connectivity index (χ3n) is 8.83. The molecule has 0 saturated heterocycles. The number of hydrogen-bond donors (Lipinski definition) is 0. The minimum atomic E-state index is -0.606. The molecule has 0 bridgehead atoms. The van der Waals surface area contributed by atoms with Gasteiger partial charge in [0.15, 0.2) is 5.78 Å². The molecule has 4 nitrogen and oxygen atoms in total. The number of methoxy groups -OCH3 is 1. The summed E-state index contributed by atoms with van der Waals surface area (Å²) in [6.07, 6.45) is 7.18. The Morgan fingerprint density at radius 1 is 1.21 bits per heavy atom. The van der Waals surface area contributed by atoms with Crippen LogP contribution in [-0.4, -0.2) is 24.6 Å². The van der Waals surface area contributed by atoms with Crippen molar-refractivity contribution >= 4 is 11.9 Å². The first-order valence-corrected chi connectivity index (χ1v) is 10.6. The molecule has 3 fully saturated rings. The molecule has 152 valence electrons. The van der Waals surface area contributed by atoms with Crippen molar-refractivity contribution < 1.29 is 19.1 Å². The number of hydrogen-bond acceptors (Lipinski definition) is 4. The van der Waals surface area contributed by atoms with Gasteiger partial charge in [-0.2, -0.15) is 0 Å². The first-order valence-electron chi connectivity index (χ1n) is 10.6. The van der Waals surface area contributed by atoms with Gasteiger partial charge < -0.3 is 9.47 Å². The van der Waals surface area contributed by atoms with Crippen LogP contribution < -0.4 is 0 Å². The average Bonchev–Trinajstić information content (AvgIpc) is 2.92. The fraction of sp³-hybridized carbons (Fsp3) is 0.708. The van der Waals surface area contributed by atoms with Gasteiger partial charge in [-0.05, 0) is 67.4 Å². The predicted octanol–water partition coefficient (Wildman–Crippen LogP) is 5.38. The number of rotatable bonds is 1. The maximum Gasteiger partial charge on any atom is 0.508 e. The third kappa shape index (κ3) is 2.37. The van der Waals surface area contributed by atoms with E-state index < -0.39 is 11.8 Å². The minimum absolute atomic E-state index is 0.0663. The summed E-state index contributed by atoms with van der Waals surface area (Å²) in [6.45, 7) is 10.8. The van der Waals surface area contributed by atoms with E-state index in [-0.39, 0.29) is 22.5 Å². The standard InChI is InChI=1S/C24H32O4/c1-6-18-15(2)13-20-19-8-7-16-14-17(25)9-10-23(16,4)24(19,28-21(26)27-5)12-11-22(18,20)3/h14-15,19-20H,1,7-13H2,2-5H3/t15-,19-,20-,22+,23-,24+/m0/s1. The lowest BCUT2D eigenvalue weighted by Gasteiger charge is -2.63. The van der Waals surface area contributed by atoms with E-state index in [1.165, 1.54) is 12.7 Å². The van der Waals surface area contributed by atoms with E-state index in [4.69, 9.17) is 9.47 Å². The molecule has 0 radical (unpaired) electrons. The molecule has 3 saturated carbocycles. The zero-order valence-electron chi connectivity index (χ0n) is 17.6. The number of ketones is 1. The third-order valence-corrected chi connectivity index (χ3v) is 8.83. The summed E-state index contributed by atoms with van der Waals surface area (Å²) in [5, 5.41) is 0. The highest BCUT2D eigenvalue weighted by Gasteiger charge is 2.68. The number of allylic oxidation sites excluding steroid dienone is 1. The van der Waals surface area contributed by atoms with Crippen molar-refractivity contribution in [3.8, 4) is 0 Å². The molecule has 0 aliphatic heterocycles. The van der Waals surface area contributed by atoms with Gasteiger partial charge in [0.1, 0.15) is 5.60 Å². The van der Waals surface area contributed by atoms with Gasteiger partial charge in [-0.3, -0.25) is 4.79 Å². The number of carbonyl (C=O) groups excluding carboxylic acids is 2. The maximum absolute atomic E-state index is 12.4. The Morgan fingerprint density at radius 3 is 2.64 bits per heavy atom. The van der Waals surface area contributed by atoms with Gasteiger partial charge in [-0.15, -0.1) is 5.73 Å². The molecule has 4 heteroatoms. The van der Waals surface area contributed by atoms with Crippen LogP contribution in [0.3, 0.4) is 0 Å². The van der Waals surface area contributed by atoms with Crippen LogP contribution in [-0.2, 0) is 14.3 Å². The Bertz CT molecular complexity index is 803. The topological polar surface area (TPSA) is 52.6 Å². The number of carbonyl (C=O) groups is 2. The van der Waals surface area contributed by atoms with Gasteiger partial charge in [0, 0.05) is 17.8 Å². The van der Waals surface area contributed by atoms with Crippen LogP contribution in [0.4, 0.5) is 4.79 Å². The molecule has 0 N–H and O–H groups in total. The Hall–Kier alpha value is -1.80. The van der Waals surface area contributed by atoms with Crippen molar-refractivity contribution in [1.29, 1.82) is 0 Å². The SMILES string of the molecule is C=C=C1[C@@H](C)C[C@H]2[C@@H]3CCC4=CC(=O)CC[C@]4(C)[C@@]3(OC(=O)OC)CC[C@]12C. The molecule has 0 unspecified atom stereocenters. The van der Waals surface area contributed by atoms with Crippen molar-refractivity contribution in [2.45, 2.75) is 71.3 Å². The van der Waals surface area contributed by atoms with Crippen LogP contribution in [0.25, 0.3) is 0 Å². The molecule has 0 aromatic rings. The van der Waals surface area contributed by atoms with E-state index in [9.17, 15) is 9.59 Å². The zero-order chi connectivity index (χ0) is 20.3. The Morgan fingerprint density at radius 2 is 1.96 bits per heavy atom. The molecule has 0 spiro atoms. The molecule has 0 aromatic carbocycles. The van der Waals surface area contributed by atoms with Gasteiger partial charge >= 0.3 is 6.16 Å². The maximum atomic E-state index is 12.4. The van der Waals surface area contributed by atoms with Crippen LogP contribution in [0, 0.1) is 28.6 Å². The molecule has 28 heavy (non-hydrogen) atoms. The lowest BCUT2D eigenvalue weighted by molar-refractivity contribution is -0.193. The molecule has 6 atom stereocenters. The quantitative estimate of drug-likeness (QED) is 0.450. The minimum Gasteiger partial charge on any atom is -0.438 e. The fourth-order valence-electron chi connectivity index (χ4n) is 7.43. The largest absolute Gasteiger partial charge is 0.508 e. The van der Waals surface area contributed by atoms with Crippen LogP contribution in [0.5, 0.6) is 0 Å². The van der Waals surface area contributed by atoms with E-state index >= 15 is 0 Å². The van der Waals surface area contributed by atoms with Crippen molar-refractivity contribution in [2.24, 2.45) is 28.6 Å². The summed E-state index contributed by atoms with van der Waals surface area (Å²) in [7, 11) is 1.38. The highest BCUT2D eigenvalue weighted by Crippen LogP contribution is 2.70. The van der Waals surface area contributed by atoms with Crippen LogP contribution in [0.1, 0.15) is 65.7 Å². The molecule has 4 rings (SSSR count). The Balaban J connectivity index is 1.85. The fourth-order valence-corrected chi connectivity index (χ4v) is 7.43. The van der Waals surface area contributed by atoms with Crippen molar-refractivity contribution in [3.05, 3.63) is 29.5 Å². The second-order valence-corrected chi connectivity index (χ2v) is 9.81. The van der Waals surface area contributed by atoms with Crippen molar-refractivity contribution in [2.75, 3.05) is 7.11 Å². The molecular formula is C24H32O4. The average molecular weight is 385 g/mol. The van der Waals surface area contributed by atoms with Gasteiger partial charge in [-0.25, -0.2) is 4.79 Å². The second kappa shape index (κ2) is 6.35. The van der Waals surface area contributed by atoms with Crippen LogP contribution in [0.2, 0.25) is 0 Å². The summed E-state index contributed by atoms with van der Waals surface area (Å²) in [4.78, 5) is 24.5. The smallest absolute Gasteiger partial charge is 0.438 e. The van der Waals surface area contributed by atoms with E-state index in [1.54, 1.807) is 0 Å². The highest BCUT2D eigenvalue weighted by molar-refractivity contribution is 5.91. The molecular weight excluding hydrogens is 352 g/mol. The first-order chi connectivity index (χ1) is 13.2. The predicted molar refractivity (Wildman–Crippen MR) is 107 cm³/mol. The summed E-state index contributed by atoms with van der Waals surface area (Å²) in [5.74, 6) is 1.35. The highest BCUT2D eigenvalue weighted by atomic mass is 16.7. The summed E-state index contributed by atoms with van der Waals surface area (Å²) >= 11 is 0. The molecule has 0 aromatic heterocycles. The second-order valence-electron chi connectivity index (χ2n) is 9.81. The number of ether oxygens (including phenoxy) is 2. The van der Waals surface area contributed by atoms with Gasteiger partial charge in [0.2, 0.25) is 0 Å². The molecule has 0 amide bonds. The van der Waals surface area contributed by atoms with Crippen molar-refractivity contribution in [1.82, 2.24) is 0 Å². The molecule has 4 aliphatic rings. The monoisotopic (exact) mass is 384 g/mol. The molecule has 4 aliphatic carbocycles. The van der Waals surface area contributed by atoms with Gasteiger partial charge in [0.25, 0.3) is 0 Å². The van der Waals surface area contributed by atoms with Crippen LogP contribution in [0.15, 0.2) is 29.5 Å². The van der Waals surface area contributed by atoms with Gasteiger partial charge in [-0.1, -0.05) is 32.9 Å². The summed E-state index contributed by atoms with van der Waals surface area (Å²) < 4.78 is 11.2. The van der Waals surface area contributed by atoms with E-state index in [0.29, 0.717) is 18.3 Å². The number of fused-ring (bicyclic) bond motifs is 5. The lowest BCUT2D eigenvalue weighted by Crippen LogP contribution is -2.64. The Kier molecular flexibility index (Phi) is 4.43. The summed E-state index contributed by atoms with van der Waals surface area (Å²) in [5.41, 5.74) is 4.93. The lowest BCUT2D eigenvalue weighted by atomic mass is 9.44. The van der Waals surface area contributed by atoms with E-state index in [1.807, 2.05) is 6.08 Å². The van der Waals surface area contributed by atoms with Gasteiger partial charge in [0.05, 0.1) is 7.11 Å². The zero-order valence-corrected chi connectivity index (χ0v) is 17.6. The van der Waals surface area contributed by atoms with Crippen molar-refractivity contribution in [3.63, 3.8) is 0 Å².